The number of thiazole rings is 1. The molecule has 22 heavy (non-hydrogen) atoms. The van der Waals surface area contributed by atoms with E-state index < -0.39 is 5.97 Å². The second-order valence-corrected chi connectivity index (χ2v) is 6.92. The fourth-order valence-electron chi connectivity index (χ4n) is 2.01. The molecule has 0 spiro atoms. The van der Waals surface area contributed by atoms with Gasteiger partial charge in [-0.15, -0.1) is 11.3 Å². The molecule has 116 valence electrons. The van der Waals surface area contributed by atoms with Crippen LogP contribution in [0, 0.1) is 6.92 Å². The monoisotopic (exact) mass is 318 g/mol. The molecule has 1 amide bonds. The van der Waals surface area contributed by atoms with E-state index in [4.69, 9.17) is 5.11 Å². The molecule has 1 aromatic heterocycles. The summed E-state index contributed by atoms with van der Waals surface area (Å²) in [7, 11) is 0. The number of hydrogen-bond donors (Lipinski definition) is 2. The van der Waals surface area contributed by atoms with E-state index in [9.17, 15) is 9.59 Å². The van der Waals surface area contributed by atoms with E-state index in [1.807, 2.05) is 27.7 Å². The zero-order chi connectivity index (χ0) is 16.5. The zero-order valence-electron chi connectivity index (χ0n) is 12.9. The lowest BCUT2D eigenvalue weighted by Crippen LogP contribution is -2.20. The SMILES string of the molecule is Cc1ccc(C(=O)O)cc1NC(=O)c1scnc1C(C)(C)C. The highest BCUT2D eigenvalue weighted by atomic mass is 32.1. The molecular formula is C16H18N2O3S. The first-order chi connectivity index (χ1) is 10.2. The lowest BCUT2D eigenvalue weighted by Gasteiger charge is -2.17. The van der Waals surface area contributed by atoms with E-state index in [0.717, 1.165) is 11.3 Å². The molecule has 0 atom stereocenters. The third-order valence-corrected chi connectivity index (χ3v) is 4.04. The molecule has 0 radical (unpaired) electrons. The van der Waals surface area contributed by atoms with Gasteiger partial charge in [-0.2, -0.15) is 0 Å². The van der Waals surface area contributed by atoms with Crippen LogP contribution >= 0.6 is 11.3 Å². The molecule has 2 aromatic rings. The molecular weight excluding hydrogens is 300 g/mol. The number of nitrogens with zero attached hydrogens (tertiary/aromatic N) is 1. The Morgan fingerprint density at radius 1 is 1.27 bits per heavy atom. The fourth-order valence-corrected chi connectivity index (χ4v) is 2.90. The molecule has 0 aliphatic heterocycles. The van der Waals surface area contributed by atoms with Crippen LogP contribution in [0.2, 0.25) is 0 Å². The highest BCUT2D eigenvalue weighted by Gasteiger charge is 2.25. The quantitative estimate of drug-likeness (QED) is 0.904. The summed E-state index contributed by atoms with van der Waals surface area (Å²) in [6.07, 6.45) is 0. The summed E-state index contributed by atoms with van der Waals surface area (Å²) in [5, 5.41) is 11.8. The Labute approximate surface area is 133 Å². The number of aryl methyl sites for hydroxylation is 1. The summed E-state index contributed by atoms with van der Waals surface area (Å²) in [5.41, 5.74) is 3.60. The molecule has 0 fully saturated rings. The summed E-state index contributed by atoms with van der Waals surface area (Å²) in [4.78, 5) is 28.4. The van der Waals surface area contributed by atoms with Crippen molar-refractivity contribution in [2.24, 2.45) is 0 Å². The Balaban J connectivity index is 2.32. The number of nitrogens with one attached hydrogen (secondary N) is 1. The Morgan fingerprint density at radius 2 is 1.95 bits per heavy atom. The average Bonchev–Trinajstić information content (AvgIpc) is 2.90. The van der Waals surface area contributed by atoms with Crippen LogP contribution in [0.3, 0.4) is 0 Å². The standard InChI is InChI=1S/C16H18N2O3S/c1-9-5-6-10(15(20)21)7-11(9)18-14(19)12-13(16(2,3)4)17-8-22-12/h5-8H,1-4H3,(H,18,19)(H,20,21). The number of amides is 1. The molecule has 2 N–H and O–H groups in total. The lowest BCUT2D eigenvalue weighted by molar-refractivity contribution is 0.0696. The van der Waals surface area contributed by atoms with E-state index in [1.54, 1.807) is 11.6 Å². The Kier molecular flexibility index (Phi) is 4.32. The van der Waals surface area contributed by atoms with Crippen molar-refractivity contribution in [3.63, 3.8) is 0 Å². The van der Waals surface area contributed by atoms with E-state index in [0.29, 0.717) is 10.6 Å². The van der Waals surface area contributed by atoms with Crippen molar-refractivity contribution in [2.45, 2.75) is 33.1 Å². The van der Waals surface area contributed by atoms with Crippen molar-refractivity contribution in [1.29, 1.82) is 0 Å². The van der Waals surface area contributed by atoms with Crippen LogP contribution in [-0.4, -0.2) is 22.0 Å². The van der Waals surface area contributed by atoms with E-state index in [1.165, 1.54) is 23.5 Å². The van der Waals surface area contributed by atoms with Crippen molar-refractivity contribution >= 4 is 28.9 Å². The minimum atomic E-state index is -1.02. The van der Waals surface area contributed by atoms with Crippen LogP contribution < -0.4 is 5.32 Å². The van der Waals surface area contributed by atoms with Crippen molar-refractivity contribution in [1.82, 2.24) is 4.98 Å². The van der Waals surface area contributed by atoms with Gasteiger partial charge in [-0.25, -0.2) is 9.78 Å². The van der Waals surface area contributed by atoms with Crippen molar-refractivity contribution in [3.8, 4) is 0 Å². The van der Waals surface area contributed by atoms with Gasteiger partial charge in [0, 0.05) is 11.1 Å². The number of anilines is 1. The smallest absolute Gasteiger partial charge is 0.335 e. The fraction of sp³-hybridized carbons (Fsp3) is 0.312. The van der Waals surface area contributed by atoms with E-state index >= 15 is 0 Å². The average molecular weight is 318 g/mol. The van der Waals surface area contributed by atoms with E-state index in [2.05, 4.69) is 10.3 Å². The van der Waals surface area contributed by atoms with Crippen LogP contribution in [-0.2, 0) is 5.41 Å². The van der Waals surface area contributed by atoms with Gasteiger partial charge in [0.15, 0.2) is 0 Å². The molecule has 5 nitrogen and oxygen atoms in total. The van der Waals surface area contributed by atoms with Gasteiger partial charge in [0.1, 0.15) is 4.88 Å². The van der Waals surface area contributed by atoms with Crippen molar-refractivity contribution in [3.05, 3.63) is 45.4 Å². The van der Waals surface area contributed by atoms with Gasteiger partial charge in [-0.05, 0) is 24.6 Å². The zero-order valence-corrected chi connectivity index (χ0v) is 13.7. The lowest BCUT2D eigenvalue weighted by atomic mass is 9.91. The third kappa shape index (κ3) is 3.33. The van der Waals surface area contributed by atoms with Crippen LogP contribution in [0.4, 0.5) is 5.69 Å². The highest BCUT2D eigenvalue weighted by Crippen LogP contribution is 2.28. The summed E-state index contributed by atoms with van der Waals surface area (Å²) in [5.74, 6) is -1.29. The van der Waals surface area contributed by atoms with Gasteiger partial charge in [-0.3, -0.25) is 4.79 Å². The number of carboxylic acids is 1. The first kappa shape index (κ1) is 16.2. The molecule has 0 aliphatic carbocycles. The third-order valence-electron chi connectivity index (χ3n) is 3.22. The van der Waals surface area contributed by atoms with Gasteiger partial charge < -0.3 is 10.4 Å². The molecule has 1 aromatic carbocycles. The van der Waals surface area contributed by atoms with Gasteiger partial charge >= 0.3 is 5.97 Å². The molecule has 0 saturated carbocycles. The Bertz CT molecular complexity index is 729. The molecule has 0 saturated heterocycles. The van der Waals surface area contributed by atoms with Crippen LogP contribution in [0.15, 0.2) is 23.7 Å². The number of carboxylic acid groups (broad SMARTS) is 1. The van der Waals surface area contributed by atoms with Crippen LogP contribution in [0.25, 0.3) is 0 Å². The number of rotatable bonds is 3. The number of aromatic nitrogens is 1. The van der Waals surface area contributed by atoms with Gasteiger partial charge in [-0.1, -0.05) is 26.8 Å². The first-order valence-corrected chi connectivity index (χ1v) is 7.67. The molecule has 0 bridgehead atoms. The van der Waals surface area contributed by atoms with Crippen LogP contribution in [0.1, 0.15) is 52.1 Å². The number of aromatic carboxylic acids is 1. The minimum Gasteiger partial charge on any atom is -0.478 e. The maximum atomic E-state index is 12.5. The molecule has 0 unspecified atom stereocenters. The summed E-state index contributed by atoms with van der Waals surface area (Å²) in [6.45, 7) is 7.80. The van der Waals surface area contributed by atoms with Crippen LogP contribution in [0.5, 0.6) is 0 Å². The normalized spacial score (nSPS) is 11.3. The van der Waals surface area contributed by atoms with Crippen molar-refractivity contribution < 1.29 is 14.7 Å². The largest absolute Gasteiger partial charge is 0.478 e. The van der Waals surface area contributed by atoms with Gasteiger partial charge in [0.2, 0.25) is 0 Å². The maximum absolute atomic E-state index is 12.5. The van der Waals surface area contributed by atoms with Gasteiger partial charge in [0.05, 0.1) is 16.8 Å². The predicted molar refractivity (Wildman–Crippen MR) is 86.9 cm³/mol. The number of hydrogen-bond acceptors (Lipinski definition) is 4. The molecule has 0 aliphatic rings. The maximum Gasteiger partial charge on any atom is 0.335 e. The minimum absolute atomic E-state index is 0.140. The molecule has 6 heteroatoms. The molecule has 2 rings (SSSR count). The second kappa shape index (κ2) is 5.88. The van der Waals surface area contributed by atoms with Gasteiger partial charge in [0.25, 0.3) is 5.91 Å². The first-order valence-electron chi connectivity index (χ1n) is 6.79. The Hall–Kier alpha value is -2.21. The summed E-state index contributed by atoms with van der Waals surface area (Å²) in [6, 6.07) is 4.66. The topological polar surface area (TPSA) is 79.3 Å². The highest BCUT2D eigenvalue weighted by molar-refractivity contribution is 7.12. The second-order valence-electron chi connectivity index (χ2n) is 6.07. The number of benzene rings is 1. The Morgan fingerprint density at radius 3 is 2.55 bits per heavy atom. The number of carbonyl (C=O) groups excluding carboxylic acids is 1. The number of carbonyl (C=O) groups is 2. The molecule has 1 heterocycles. The predicted octanol–water partition coefficient (Wildman–Crippen LogP) is 3.70. The summed E-state index contributed by atoms with van der Waals surface area (Å²) < 4.78 is 0. The van der Waals surface area contributed by atoms with Crippen molar-refractivity contribution in [2.75, 3.05) is 5.32 Å². The summed E-state index contributed by atoms with van der Waals surface area (Å²) >= 11 is 1.28. The van der Waals surface area contributed by atoms with E-state index in [-0.39, 0.29) is 16.9 Å².